The molecule has 0 aromatic heterocycles. The Balaban J connectivity index is 1.77. The number of sulfonamides is 1. The number of fused-ring (bicyclic) bond motifs is 1. The molecular weight excluding hydrogens is 476 g/mol. The molecule has 3 aromatic rings. The number of carbonyl (C=O) groups excluding carboxylic acids is 2. The molecule has 1 unspecified atom stereocenters. The number of benzene rings is 3. The fourth-order valence-corrected chi connectivity index (χ4v) is 6.52. The molecule has 2 amide bonds. The third kappa shape index (κ3) is 5.28. The topological polar surface area (TPSA) is 122 Å². The van der Waals surface area contributed by atoms with E-state index in [-0.39, 0.29) is 17.2 Å². The lowest BCUT2D eigenvalue weighted by atomic mass is 10.1. The van der Waals surface area contributed by atoms with Crippen LogP contribution < -0.4 is 16.4 Å². The first-order valence-corrected chi connectivity index (χ1v) is 13.6. The molecule has 3 aromatic carbocycles. The third-order valence-corrected chi connectivity index (χ3v) is 8.37. The Morgan fingerprint density at radius 3 is 2.33 bits per heavy atom. The van der Waals surface area contributed by atoms with E-state index >= 15 is 0 Å². The van der Waals surface area contributed by atoms with Crippen LogP contribution in [0.4, 0.5) is 5.69 Å². The van der Waals surface area contributed by atoms with E-state index in [1.807, 2.05) is 19.1 Å². The quantitative estimate of drug-likeness (QED) is 0.450. The van der Waals surface area contributed by atoms with Crippen LogP contribution in [0.1, 0.15) is 42.1 Å². The van der Waals surface area contributed by atoms with E-state index < -0.39 is 28.0 Å². The standard InChI is InChI=1S/C27H32N4O4S/c1-18-7-3-4-8-21(18)27(33)30-24-11-12-25(23-10-6-5-9-22(23)24)36(34,35)31(26(32)17-19(2)28)20-13-15-29-16-14-20/h3-12,19-20,29H,13-17,28H2,1-2H3,(H,30,33). The molecule has 190 valence electrons. The van der Waals surface area contributed by atoms with Crippen LogP contribution >= 0.6 is 0 Å². The second-order valence-corrected chi connectivity index (χ2v) is 11.1. The maximum atomic E-state index is 14.0. The summed E-state index contributed by atoms with van der Waals surface area (Å²) in [5, 5.41) is 7.15. The van der Waals surface area contributed by atoms with Crippen LogP contribution in [0, 0.1) is 6.92 Å². The molecule has 0 aliphatic carbocycles. The number of rotatable bonds is 7. The Hall–Kier alpha value is -3.27. The van der Waals surface area contributed by atoms with E-state index in [2.05, 4.69) is 10.6 Å². The maximum Gasteiger partial charge on any atom is 0.267 e. The van der Waals surface area contributed by atoms with Gasteiger partial charge in [0, 0.05) is 34.5 Å². The minimum atomic E-state index is -4.19. The van der Waals surface area contributed by atoms with Crippen molar-refractivity contribution < 1.29 is 18.0 Å². The van der Waals surface area contributed by atoms with E-state index in [1.165, 1.54) is 6.07 Å². The smallest absolute Gasteiger partial charge is 0.267 e. The van der Waals surface area contributed by atoms with Crippen LogP contribution in [0.15, 0.2) is 65.6 Å². The van der Waals surface area contributed by atoms with Crippen LogP contribution in [0.3, 0.4) is 0 Å². The van der Waals surface area contributed by atoms with Gasteiger partial charge in [-0.3, -0.25) is 9.59 Å². The summed E-state index contributed by atoms with van der Waals surface area (Å²) in [7, 11) is -4.19. The molecule has 36 heavy (non-hydrogen) atoms. The van der Waals surface area contributed by atoms with E-state index in [9.17, 15) is 18.0 Å². The first-order chi connectivity index (χ1) is 17.2. The molecule has 1 atom stereocenters. The minimum Gasteiger partial charge on any atom is -0.327 e. The second kappa shape index (κ2) is 10.8. The molecule has 1 heterocycles. The molecule has 1 aliphatic heterocycles. The molecule has 0 spiro atoms. The van der Waals surface area contributed by atoms with Gasteiger partial charge in [0.25, 0.3) is 15.9 Å². The van der Waals surface area contributed by atoms with Gasteiger partial charge < -0.3 is 16.4 Å². The number of anilines is 1. The summed E-state index contributed by atoms with van der Waals surface area (Å²) in [4.78, 5) is 26.2. The van der Waals surface area contributed by atoms with Gasteiger partial charge in [-0.2, -0.15) is 0 Å². The van der Waals surface area contributed by atoms with Crippen LogP contribution in [-0.2, 0) is 14.8 Å². The number of nitrogens with zero attached hydrogens (tertiary/aromatic N) is 1. The van der Waals surface area contributed by atoms with Crippen molar-refractivity contribution in [1.29, 1.82) is 0 Å². The largest absolute Gasteiger partial charge is 0.327 e. The molecule has 8 nitrogen and oxygen atoms in total. The second-order valence-electron chi connectivity index (χ2n) is 9.28. The van der Waals surface area contributed by atoms with Crippen LogP contribution in [0.25, 0.3) is 10.8 Å². The maximum absolute atomic E-state index is 14.0. The molecule has 1 fully saturated rings. The van der Waals surface area contributed by atoms with E-state index in [0.29, 0.717) is 48.0 Å². The zero-order chi connectivity index (χ0) is 25.9. The summed E-state index contributed by atoms with van der Waals surface area (Å²) in [5.74, 6) is -0.782. The van der Waals surface area contributed by atoms with Crippen molar-refractivity contribution >= 4 is 38.3 Å². The van der Waals surface area contributed by atoms with Gasteiger partial charge in [0.15, 0.2) is 0 Å². The predicted octanol–water partition coefficient (Wildman–Crippen LogP) is 3.41. The van der Waals surface area contributed by atoms with Crippen molar-refractivity contribution in [2.75, 3.05) is 18.4 Å². The monoisotopic (exact) mass is 508 g/mol. The fourth-order valence-electron chi connectivity index (χ4n) is 4.67. The number of carbonyl (C=O) groups is 2. The highest BCUT2D eigenvalue weighted by Crippen LogP contribution is 2.33. The number of nitrogens with one attached hydrogen (secondary N) is 2. The highest BCUT2D eigenvalue weighted by Gasteiger charge is 2.37. The Morgan fingerprint density at radius 1 is 1.03 bits per heavy atom. The summed E-state index contributed by atoms with van der Waals surface area (Å²) in [6, 6.07) is 16.4. The highest BCUT2D eigenvalue weighted by atomic mass is 32.2. The van der Waals surface area contributed by atoms with Crippen molar-refractivity contribution in [3.63, 3.8) is 0 Å². The highest BCUT2D eigenvalue weighted by molar-refractivity contribution is 7.90. The van der Waals surface area contributed by atoms with Gasteiger partial charge in [0.2, 0.25) is 5.91 Å². The first kappa shape index (κ1) is 25.8. The molecular formula is C27H32N4O4S. The summed E-state index contributed by atoms with van der Waals surface area (Å²) >= 11 is 0. The SMILES string of the molecule is Cc1ccccc1C(=O)Nc1ccc(S(=O)(=O)N(C(=O)CC(C)N)C2CCNCC2)c2ccccc12. The normalized spacial score (nSPS) is 15.4. The molecule has 1 aliphatic rings. The molecule has 1 saturated heterocycles. The molecule has 4 N–H and O–H groups in total. The summed E-state index contributed by atoms with van der Waals surface area (Å²) < 4.78 is 29.1. The van der Waals surface area contributed by atoms with Gasteiger partial charge in [-0.25, -0.2) is 12.7 Å². The van der Waals surface area contributed by atoms with E-state index in [0.717, 1.165) is 9.87 Å². The lowest BCUT2D eigenvalue weighted by molar-refractivity contribution is -0.128. The van der Waals surface area contributed by atoms with E-state index in [4.69, 9.17) is 5.73 Å². The number of aryl methyl sites for hydroxylation is 1. The molecule has 0 radical (unpaired) electrons. The lowest BCUT2D eigenvalue weighted by Gasteiger charge is -2.34. The summed E-state index contributed by atoms with van der Waals surface area (Å²) in [6.45, 7) is 4.81. The van der Waals surface area contributed by atoms with Crippen molar-refractivity contribution in [3.05, 3.63) is 71.8 Å². The third-order valence-electron chi connectivity index (χ3n) is 6.44. The average molecular weight is 509 g/mol. The molecule has 0 bridgehead atoms. The Bertz CT molecular complexity index is 1380. The fraction of sp³-hybridized carbons (Fsp3) is 0.333. The van der Waals surface area contributed by atoms with Gasteiger partial charge >= 0.3 is 0 Å². The van der Waals surface area contributed by atoms with Crippen molar-refractivity contribution in [2.45, 2.75) is 50.1 Å². The number of nitrogens with two attached hydrogens (primary N) is 1. The Labute approximate surface area is 211 Å². The number of amides is 2. The number of piperidine rings is 1. The number of hydrogen-bond donors (Lipinski definition) is 3. The molecule has 9 heteroatoms. The van der Waals surface area contributed by atoms with Crippen molar-refractivity contribution in [1.82, 2.24) is 9.62 Å². The van der Waals surface area contributed by atoms with Crippen LogP contribution in [-0.4, -0.2) is 49.7 Å². The zero-order valence-electron chi connectivity index (χ0n) is 20.5. The summed E-state index contributed by atoms with van der Waals surface area (Å²) in [6.07, 6.45) is 1.00. The molecule has 0 saturated carbocycles. The van der Waals surface area contributed by atoms with Crippen molar-refractivity contribution in [3.8, 4) is 0 Å². The van der Waals surface area contributed by atoms with Crippen LogP contribution in [0.2, 0.25) is 0 Å². The lowest BCUT2D eigenvalue weighted by Crippen LogP contribution is -2.50. The van der Waals surface area contributed by atoms with Crippen molar-refractivity contribution in [2.24, 2.45) is 5.73 Å². The molecule has 4 rings (SSSR count). The van der Waals surface area contributed by atoms with E-state index in [1.54, 1.807) is 49.4 Å². The minimum absolute atomic E-state index is 0.0311. The number of hydrogen-bond acceptors (Lipinski definition) is 6. The first-order valence-electron chi connectivity index (χ1n) is 12.1. The van der Waals surface area contributed by atoms with Gasteiger partial charge in [-0.1, -0.05) is 42.5 Å². The Morgan fingerprint density at radius 2 is 1.67 bits per heavy atom. The Kier molecular flexibility index (Phi) is 7.73. The zero-order valence-corrected chi connectivity index (χ0v) is 21.3. The van der Waals surface area contributed by atoms with Gasteiger partial charge in [-0.05, 0) is 63.5 Å². The van der Waals surface area contributed by atoms with Gasteiger partial charge in [-0.15, -0.1) is 0 Å². The van der Waals surface area contributed by atoms with Crippen LogP contribution in [0.5, 0.6) is 0 Å². The average Bonchev–Trinajstić information content (AvgIpc) is 2.84. The summed E-state index contributed by atoms with van der Waals surface area (Å²) in [5.41, 5.74) is 7.73. The predicted molar refractivity (Wildman–Crippen MR) is 141 cm³/mol. The van der Waals surface area contributed by atoms with Gasteiger partial charge in [0.1, 0.15) is 0 Å². The van der Waals surface area contributed by atoms with Gasteiger partial charge in [0.05, 0.1) is 10.9 Å².